The summed E-state index contributed by atoms with van der Waals surface area (Å²) in [5.74, 6) is 0.0218. The smallest absolute Gasteiger partial charge is 0.409 e. The molecule has 2 saturated heterocycles. The molecule has 0 saturated carbocycles. The van der Waals surface area contributed by atoms with Gasteiger partial charge in [0.05, 0.1) is 67.1 Å². The van der Waals surface area contributed by atoms with Crippen LogP contribution in [0.5, 0.6) is 5.75 Å². The van der Waals surface area contributed by atoms with Crippen molar-refractivity contribution in [2.45, 2.75) is 107 Å². The Morgan fingerprint density at radius 1 is 0.388 bits per heavy atom. The van der Waals surface area contributed by atoms with Gasteiger partial charge < -0.3 is 56.8 Å². The zero-order valence-corrected chi connectivity index (χ0v) is 45.0. The molecule has 7 aromatic rings. The van der Waals surface area contributed by atoms with E-state index in [1.165, 1.54) is 7.11 Å². The summed E-state index contributed by atoms with van der Waals surface area (Å²) in [6.45, 7) is 0.827. The predicted molar refractivity (Wildman–Crippen MR) is 297 cm³/mol. The lowest BCUT2D eigenvalue weighted by Gasteiger charge is -2.46. The quantitative estimate of drug-likeness (QED) is 0.0485. The largest absolute Gasteiger partial charge is 0.497 e. The van der Waals surface area contributed by atoms with Crippen molar-refractivity contribution in [1.82, 2.24) is 5.32 Å². The van der Waals surface area contributed by atoms with Crippen LogP contribution < -0.4 is 10.1 Å². The molecule has 80 heavy (non-hydrogen) atoms. The number of methoxy groups -OCH3 is 2. The first kappa shape index (κ1) is 57.4. The van der Waals surface area contributed by atoms with Crippen LogP contribution in [0.3, 0.4) is 0 Å². The van der Waals surface area contributed by atoms with Crippen LogP contribution in [0.25, 0.3) is 0 Å². The maximum atomic E-state index is 14.7. The lowest BCUT2D eigenvalue weighted by Crippen LogP contribution is -2.65. The molecule has 2 aliphatic rings. The van der Waals surface area contributed by atoms with E-state index in [2.05, 4.69) is 5.32 Å². The van der Waals surface area contributed by atoms with Gasteiger partial charge in [0.25, 0.3) is 0 Å². The molecule has 7 aromatic carbocycles. The Bertz CT molecular complexity index is 2870. The molecule has 2 heterocycles. The van der Waals surface area contributed by atoms with E-state index in [4.69, 9.17) is 56.8 Å². The first-order chi connectivity index (χ1) is 39.4. The number of amides is 1. The minimum Gasteiger partial charge on any atom is -0.497 e. The van der Waals surface area contributed by atoms with Crippen molar-refractivity contribution in [3.8, 4) is 5.75 Å². The molecule has 2 fully saturated rings. The summed E-state index contributed by atoms with van der Waals surface area (Å²) in [6, 6.07) is 65.8. The van der Waals surface area contributed by atoms with Gasteiger partial charge in [0.1, 0.15) is 61.2 Å². The van der Waals surface area contributed by atoms with Crippen LogP contribution in [0.2, 0.25) is 0 Å². The number of ether oxygens (including phenoxy) is 12. The molecule has 0 unspecified atom stereocenters. The van der Waals surface area contributed by atoms with Crippen LogP contribution in [0.4, 0.5) is 4.79 Å². The van der Waals surface area contributed by atoms with Crippen molar-refractivity contribution in [1.29, 1.82) is 0 Å². The molecule has 0 aromatic heterocycles. The van der Waals surface area contributed by atoms with Crippen LogP contribution in [0.1, 0.15) is 38.9 Å². The predicted octanol–water partition coefficient (Wildman–Crippen LogP) is 10.1. The number of benzene rings is 7. The molecule has 15 nitrogen and oxygen atoms in total. The lowest BCUT2D eigenvalue weighted by molar-refractivity contribution is -0.277. The monoisotopic (exact) mass is 1090 g/mol. The van der Waals surface area contributed by atoms with Gasteiger partial charge in [-0.3, -0.25) is 5.32 Å². The van der Waals surface area contributed by atoms with E-state index in [0.29, 0.717) is 0 Å². The third-order valence-corrected chi connectivity index (χ3v) is 13.8. The summed E-state index contributed by atoms with van der Waals surface area (Å²) in [5, 5.41) is 2.98. The SMILES string of the molecule is COC(=O)[C@@H]1O[C@H](COC(=O)N[C@@H]2O[C@H](COCc3ccc(OC)cc3)[C@@H](OCc3ccccc3)[C@H](OCc3ccccc3)[C@H]2OCc2ccccc2)[C@@H](OCc2ccccc2)[C@H](OCc2ccccc2)[C@H]1OCc1ccccc1. The third-order valence-electron chi connectivity index (χ3n) is 13.8. The van der Waals surface area contributed by atoms with Crippen molar-refractivity contribution in [3.63, 3.8) is 0 Å². The zero-order chi connectivity index (χ0) is 55.1. The summed E-state index contributed by atoms with van der Waals surface area (Å²) in [4.78, 5) is 28.5. The van der Waals surface area contributed by atoms with Crippen LogP contribution in [0.15, 0.2) is 206 Å². The van der Waals surface area contributed by atoms with Crippen LogP contribution in [-0.2, 0) is 103 Å². The number of rotatable bonds is 27. The standard InChI is InChI=1S/C65H69NO14/c1-69-53-35-33-52(34-36-53)37-71-44-54-56(72-38-46-21-9-3-10-22-46)59(75-41-49-27-15-6-16-28-49)61(77-43-51-31-19-8-20-32-51)63(80-54)66-65(68)78-45-55-57(73-39-47-23-11-4-12-24-47)58(74-40-48-25-13-5-14-26-48)60(62(79-55)64(67)70-2)76-42-50-29-17-7-18-30-50/h3-36,54-63H,37-45H2,1-2H3,(H,66,68)/t54-,55-,56-,57-,58+,59+,60-,61-,62-,63-/m1/s1. The van der Waals surface area contributed by atoms with Gasteiger partial charge in [-0.1, -0.05) is 194 Å². The van der Waals surface area contributed by atoms with Gasteiger partial charge in [-0.05, 0) is 51.1 Å². The lowest BCUT2D eigenvalue weighted by atomic mass is 9.94. The van der Waals surface area contributed by atoms with Gasteiger partial charge in [-0.15, -0.1) is 0 Å². The molecule has 2 aliphatic heterocycles. The van der Waals surface area contributed by atoms with E-state index in [-0.39, 0.29) is 52.9 Å². The fourth-order valence-corrected chi connectivity index (χ4v) is 9.60. The molecule has 9 rings (SSSR count). The number of hydrogen-bond acceptors (Lipinski definition) is 14. The number of carbonyl (C=O) groups is 2. The Morgan fingerprint density at radius 3 is 1.14 bits per heavy atom. The molecule has 0 aliphatic carbocycles. The molecular formula is C65H69NO14. The second-order valence-corrected chi connectivity index (χ2v) is 19.4. The summed E-state index contributed by atoms with van der Waals surface area (Å²) in [7, 11) is 2.90. The molecule has 15 heteroatoms. The fraction of sp³-hybridized carbons (Fsp3) is 0.323. The third kappa shape index (κ3) is 16.6. The van der Waals surface area contributed by atoms with E-state index in [0.717, 1.165) is 44.7 Å². The van der Waals surface area contributed by atoms with Crippen LogP contribution in [0, 0.1) is 0 Å². The average molecular weight is 1090 g/mol. The fourth-order valence-electron chi connectivity index (χ4n) is 9.60. The highest BCUT2D eigenvalue weighted by Gasteiger charge is 2.53. The maximum absolute atomic E-state index is 14.7. The zero-order valence-electron chi connectivity index (χ0n) is 45.0. The first-order valence-corrected chi connectivity index (χ1v) is 26.9. The van der Waals surface area contributed by atoms with Crippen LogP contribution >= 0.6 is 0 Å². The normalized spacial score (nSPS) is 22.7. The molecular weight excluding hydrogens is 1020 g/mol. The number of alkyl carbamates (subject to hydrolysis) is 1. The highest BCUT2D eigenvalue weighted by atomic mass is 16.7. The van der Waals surface area contributed by atoms with Crippen molar-refractivity contribution in [2.24, 2.45) is 0 Å². The van der Waals surface area contributed by atoms with E-state index in [1.807, 2.05) is 206 Å². The molecule has 10 atom stereocenters. The van der Waals surface area contributed by atoms with Gasteiger partial charge >= 0.3 is 12.1 Å². The molecule has 0 bridgehead atoms. The number of nitrogens with one attached hydrogen (secondary N) is 1. The van der Waals surface area contributed by atoms with Gasteiger partial charge in [0.2, 0.25) is 0 Å². The summed E-state index contributed by atoms with van der Waals surface area (Å²) in [5.41, 5.74) is 6.26. The van der Waals surface area contributed by atoms with Gasteiger partial charge in [-0.2, -0.15) is 0 Å². The van der Waals surface area contributed by atoms with Gasteiger partial charge in [-0.25, -0.2) is 9.59 Å². The van der Waals surface area contributed by atoms with Crippen molar-refractivity contribution in [3.05, 3.63) is 245 Å². The van der Waals surface area contributed by atoms with E-state index in [9.17, 15) is 9.59 Å². The summed E-state index contributed by atoms with van der Waals surface area (Å²) < 4.78 is 77.5. The van der Waals surface area contributed by atoms with E-state index in [1.54, 1.807) is 7.11 Å². The Hall–Kier alpha value is -7.28. The second-order valence-electron chi connectivity index (χ2n) is 19.4. The van der Waals surface area contributed by atoms with Crippen molar-refractivity contribution >= 4 is 12.1 Å². The molecule has 0 radical (unpaired) electrons. The Balaban J connectivity index is 1.01. The second kappa shape index (κ2) is 30.3. The summed E-state index contributed by atoms with van der Waals surface area (Å²) in [6.07, 6.45) is -10.8. The average Bonchev–Trinajstić information content (AvgIpc) is 3.70. The minimum absolute atomic E-state index is 0.0401. The van der Waals surface area contributed by atoms with E-state index >= 15 is 0 Å². The minimum atomic E-state index is -1.32. The summed E-state index contributed by atoms with van der Waals surface area (Å²) >= 11 is 0. The first-order valence-electron chi connectivity index (χ1n) is 26.9. The Kier molecular flexibility index (Phi) is 21.8. The van der Waals surface area contributed by atoms with Crippen molar-refractivity contribution < 1.29 is 66.4 Å². The molecule has 1 amide bonds. The Morgan fingerprint density at radius 2 is 0.738 bits per heavy atom. The Labute approximate surface area is 467 Å². The maximum Gasteiger partial charge on any atom is 0.409 e. The highest BCUT2D eigenvalue weighted by Crippen LogP contribution is 2.33. The molecule has 418 valence electrons. The highest BCUT2D eigenvalue weighted by molar-refractivity contribution is 5.75. The number of esters is 1. The molecule has 1 N–H and O–H groups in total. The topological polar surface area (TPSA) is 157 Å². The molecule has 0 spiro atoms. The van der Waals surface area contributed by atoms with Crippen molar-refractivity contribution in [2.75, 3.05) is 27.4 Å². The van der Waals surface area contributed by atoms with Gasteiger partial charge in [0, 0.05) is 0 Å². The van der Waals surface area contributed by atoms with Gasteiger partial charge in [0.15, 0.2) is 12.3 Å². The van der Waals surface area contributed by atoms with Crippen LogP contribution in [-0.4, -0.2) is 101 Å². The number of hydrogen-bond donors (Lipinski definition) is 1. The van der Waals surface area contributed by atoms with E-state index < -0.39 is 79.8 Å². The number of carbonyl (C=O) groups excluding carboxylic acids is 2.